The highest BCUT2D eigenvalue weighted by Crippen LogP contribution is 2.11. The summed E-state index contributed by atoms with van der Waals surface area (Å²) in [5.41, 5.74) is 2.20. The largest absolute Gasteiger partial charge is 0.349 e. The maximum atomic E-state index is 12.0. The highest BCUT2D eigenvalue weighted by molar-refractivity contribution is 7.92. The standard InChI is InChI=1S/C21H25N3O4S/c1-24(2)21(26)16-18-8-10-19(11-9-18)23-20(25)12-14-22-29(27,28)15-13-17-6-4-3-5-7-17/h3-11,13,15,22H,12,14,16H2,1-2H3,(H,23,25). The SMILES string of the molecule is CN(C)C(=O)Cc1ccc(NC(=O)CCNS(=O)(=O)C=Cc2ccccc2)cc1. The maximum Gasteiger partial charge on any atom is 0.233 e. The third-order valence-corrected chi connectivity index (χ3v) is 5.09. The van der Waals surface area contributed by atoms with E-state index < -0.39 is 10.0 Å². The molecule has 2 amide bonds. The summed E-state index contributed by atoms with van der Waals surface area (Å²) >= 11 is 0. The van der Waals surface area contributed by atoms with Crippen LogP contribution in [0.2, 0.25) is 0 Å². The first-order valence-corrected chi connectivity index (χ1v) is 10.6. The molecule has 2 rings (SSSR count). The normalized spacial score (nSPS) is 11.4. The molecule has 8 heteroatoms. The van der Waals surface area contributed by atoms with Crippen molar-refractivity contribution in [3.63, 3.8) is 0 Å². The van der Waals surface area contributed by atoms with Gasteiger partial charge in [0.2, 0.25) is 21.8 Å². The summed E-state index contributed by atoms with van der Waals surface area (Å²) in [6.45, 7) is -0.0112. The fraction of sp³-hybridized carbons (Fsp3) is 0.238. The van der Waals surface area contributed by atoms with E-state index in [0.717, 1.165) is 16.5 Å². The van der Waals surface area contributed by atoms with Crippen LogP contribution in [-0.2, 0) is 26.0 Å². The number of hydrogen-bond donors (Lipinski definition) is 2. The number of anilines is 1. The number of carbonyl (C=O) groups excluding carboxylic acids is 2. The molecule has 0 bridgehead atoms. The van der Waals surface area contributed by atoms with Gasteiger partial charge in [0.05, 0.1) is 6.42 Å². The average molecular weight is 416 g/mol. The van der Waals surface area contributed by atoms with Crippen molar-refractivity contribution in [2.75, 3.05) is 26.0 Å². The second-order valence-corrected chi connectivity index (χ2v) is 8.26. The van der Waals surface area contributed by atoms with E-state index in [9.17, 15) is 18.0 Å². The molecule has 0 unspecified atom stereocenters. The minimum Gasteiger partial charge on any atom is -0.349 e. The van der Waals surface area contributed by atoms with Crippen LogP contribution >= 0.6 is 0 Å². The topological polar surface area (TPSA) is 95.6 Å². The van der Waals surface area contributed by atoms with Crippen molar-refractivity contribution < 1.29 is 18.0 Å². The maximum absolute atomic E-state index is 12.0. The van der Waals surface area contributed by atoms with E-state index in [4.69, 9.17) is 0 Å². The molecule has 0 aromatic heterocycles. The van der Waals surface area contributed by atoms with E-state index in [2.05, 4.69) is 10.0 Å². The van der Waals surface area contributed by atoms with E-state index in [1.54, 1.807) is 50.5 Å². The molecule has 0 aliphatic rings. The molecule has 0 atom stereocenters. The monoisotopic (exact) mass is 415 g/mol. The van der Waals surface area contributed by atoms with Gasteiger partial charge in [-0.1, -0.05) is 42.5 Å². The summed E-state index contributed by atoms with van der Waals surface area (Å²) in [6.07, 6.45) is 1.78. The van der Waals surface area contributed by atoms with Gasteiger partial charge in [-0.25, -0.2) is 13.1 Å². The fourth-order valence-electron chi connectivity index (χ4n) is 2.35. The molecule has 0 spiro atoms. The van der Waals surface area contributed by atoms with E-state index in [1.807, 2.05) is 18.2 Å². The lowest BCUT2D eigenvalue weighted by atomic mass is 10.1. The van der Waals surface area contributed by atoms with Crippen molar-refractivity contribution in [3.05, 3.63) is 71.1 Å². The van der Waals surface area contributed by atoms with Crippen molar-refractivity contribution >= 4 is 33.6 Å². The Hall–Kier alpha value is -2.97. The van der Waals surface area contributed by atoms with Crippen molar-refractivity contribution in [3.8, 4) is 0 Å². The molecule has 0 aliphatic carbocycles. The van der Waals surface area contributed by atoms with Crippen molar-refractivity contribution in [1.82, 2.24) is 9.62 Å². The zero-order valence-electron chi connectivity index (χ0n) is 16.5. The number of carbonyl (C=O) groups is 2. The van der Waals surface area contributed by atoms with Crippen molar-refractivity contribution in [2.24, 2.45) is 0 Å². The number of amides is 2. The van der Waals surface area contributed by atoms with Crippen LogP contribution in [0.4, 0.5) is 5.69 Å². The lowest BCUT2D eigenvalue weighted by Crippen LogP contribution is -2.26. The Bertz CT molecular complexity index is 953. The Morgan fingerprint density at radius 1 is 1.00 bits per heavy atom. The third-order valence-electron chi connectivity index (χ3n) is 3.99. The first kappa shape index (κ1) is 22.3. The zero-order valence-corrected chi connectivity index (χ0v) is 17.3. The van der Waals surface area contributed by atoms with Crippen LogP contribution < -0.4 is 10.0 Å². The van der Waals surface area contributed by atoms with Crippen LogP contribution in [0.5, 0.6) is 0 Å². The van der Waals surface area contributed by atoms with Crippen LogP contribution in [0.1, 0.15) is 17.5 Å². The number of sulfonamides is 1. The van der Waals surface area contributed by atoms with Crippen LogP contribution in [0.15, 0.2) is 60.0 Å². The number of benzene rings is 2. The Kier molecular flexibility index (Phi) is 8.11. The second kappa shape index (κ2) is 10.5. The second-order valence-electron chi connectivity index (χ2n) is 6.61. The zero-order chi connectivity index (χ0) is 21.3. The van der Waals surface area contributed by atoms with E-state index in [0.29, 0.717) is 12.1 Å². The van der Waals surface area contributed by atoms with Gasteiger partial charge in [-0.2, -0.15) is 0 Å². The first-order chi connectivity index (χ1) is 13.7. The van der Waals surface area contributed by atoms with Gasteiger partial charge in [-0.15, -0.1) is 0 Å². The fourth-order valence-corrected chi connectivity index (χ4v) is 3.17. The van der Waals surface area contributed by atoms with Crippen LogP contribution in [0.3, 0.4) is 0 Å². The molecule has 154 valence electrons. The lowest BCUT2D eigenvalue weighted by molar-refractivity contribution is -0.128. The van der Waals surface area contributed by atoms with Gasteiger partial charge >= 0.3 is 0 Å². The van der Waals surface area contributed by atoms with Gasteiger partial charge in [0.15, 0.2) is 0 Å². The predicted molar refractivity (Wildman–Crippen MR) is 114 cm³/mol. The van der Waals surface area contributed by atoms with E-state index >= 15 is 0 Å². The van der Waals surface area contributed by atoms with Crippen LogP contribution in [-0.4, -0.2) is 45.8 Å². The molecular formula is C21H25N3O4S. The molecule has 29 heavy (non-hydrogen) atoms. The molecule has 7 nitrogen and oxygen atoms in total. The molecule has 0 saturated heterocycles. The van der Waals surface area contributed by atoms with E-state index in [-0.39, 0.29) is 24.8 Å². The van der Waals surface area contributed by atoms with Gasteiger partial charge in [0, 0.05) is 38.2 Å². The Morgan fingerprint density at radius 2 is 1.66 bits per heavy atom. The van der Waals surface area contributed by atoms with Gasteiger partial charge < -0.3 is 10.2 Å². The smallest absolute Gasteiger partial charge is 0.233 e. The summed E-state index contributed by atoms with van der Waals surface area (Å²) < 4.78 is 26.3. The van der Waals surface area contributed by atoms with Gasteiger partial charge in [0.25, 0.3) is 0 Å². The Balaban J connectivity index is 1.78. The number of hydrogen-bond acceptors (Lipinski definition) is 4. The van der Waals surface area contributed by atoms with Crippen LogP contribution in [0, 0.1) is 0 Å². The molecule has 0 saturated carbocycles. The van der Waals surface area contributed by atoms with Crippen LogP contribution in [0.25, 0.3) is 6.08 Å². The summed E-state index contributed by atoms with van der Waals surface area (Å²) in [4.78, 5) is 25.2. The van der Waals surface area contributed by atoms with Gasteiger partial charge in [-0.05, 0) is 29.3 Å². The minimum absolute atomic E-state index is 0.000720. The molecule has 2 N–H and O–H groups in total. The number of rotatable bonds is 9. The average Bonchev–Trinajstić information content (AvgIpc) is 2.68. The lowest BCUT2D eigenvalue weighted by Gasteiger charge is -2.10. The van der Waals surface area contributed by atoms with Crippen molar-refractivity contribution in [1.29, 1.82) is 0 Å². The minimum atomic E-state index is -3.62. The molecule has 0 radical (unpaired) electrons. The highest BCUT2D eigenvalue weighted by atomic mass is 32.2. The Labute approximate surface area is 171 Å². The van der Waals surface area contributed by atoms with Gasteiger partial charge in [0.1, 0.15) is 0 Å². The Morgan fingerprint density at radius 3 is 2.28 bits per heavy atom. The number of nitrogens with one attached hydrogen (secondary N) is 2. The third kappa shape index (κ3) is 8.28. The molecule has 2 aromatic carbocycles. The van der Waals surface area contributed by atoms with E-state index in [1.165, 1.54) is 11.0 Å². The summed E-state index contributed by atoms with van der Waals surface area (Å²) in [6, 6.07) is 16.0. The molecule has 0 heterocycles. The number of likely N-dealkylation sites (N-methyl/N-ethyl adjacent to an activating group) is 1. The van der Waals surface area contributed by atoms with Crippen molar-refractivity contribution in [2.45, 2.75) is 12.8 Å². The summed E-state index contributed by atoms with van der Waals surface area (Å²) in [7, 11) is -0.225. The quantitative estimate of drug-likeness (QED) is 0.657. The van der Waals surface area contributed by atoms with Gasteiger partial charge in [-0.3, -0.25) is 9.59 Å². The summed E-state index contributed by atoms with van der Waals surface area (Å²) in [5, 5.41) is 3.78. The summed E-state index contributed by atoms with van der Waals surface area (Å²) in [5.74, 6) is -0.313. The molecule has 0 aliphatic heterocycles. The molecule has 0 fully saturated rings. The number of nitrogens with zero attached hydrogens (tertiary/aromatic N) is 1. The molecular weight excluding hydrogens is 390 g/mol. The highest BCUT2D eigenvalue weighted by Gasteiger charge is 2.09. The first-order valence-electron chi connectivity index (χ1n) is 9.07. The molecule has 2 aromatic rings. The predicted octanol–water partition coefficient (Wildman–Crippen LogP) is 2.24.